The first-order valence-corrected chi connectivity index (χ1v) is 8.19. The first-order valence-electron chi connectivity index (χ1n) is 6.59. The summed E-state index contributed by atoms with van der Waals surface area (Å²) in [5, 5.41) is 9.73. The van der Waals surface area contributed by atoms with Gasteiger partial charge in [0.1, 0.15) is 16.7 Å². The molecular weight excluding hydrogens is 331 g/mol. The van der Waals surface area contributed by atoms with Crippen LogP contribution in [-0.2, 0) is 0 Å². The Morgan fingerprint density at radius 2 is 2.14 bits per heavy atom. The number of methoxy groups -OCH3 is 1. The maximum absolute atomic E-state index is 14.3. The fraction of sp³-hybridized carbons (Fsp3) is 0.462. The molecule has 22 heavy (non-hydrogen) atoms. The van der Waals surface area contributed by atoms with Gasteiger partial charge in [0.15, 0.2) is 16.1 Å². The Morgan fingerprint density at radius 1 is 1.41 bits per heavy atom. The number of aliphatic hydroxyl groups is 1. The molecule has 1 saturated heterocycles. The van der Waals surface area contributed by atoms with Crippen LogP contribution in [0.25, 0.3) is 10.9 Å². The Morgan fingerprint density at radius 3 is 2.73 bits per heavy atom. The lowest BCUT2D eigenvalue weighted by Crippen LogP contribution is -2.49. The Kier molecular flexibility index (Phi) is 4.24. The highest BCUT2D eigenvalue weighted by Gasteiger charge is 2.31. The summed E-state index contributed by atoms with van der Waals surface area (Å²) in [4.78, 5) is 14.5. The molecule has 3 rings (SSSR count). The van der Waals surface area contributed by atoms with Crippen molar-refractivity contribution >= 4 is 40.1 Å². The summed E-state index contributed by atoms with van der Waals surface area (Å²) in [6, 6.07) is 0. The summed E-state index contributed by atoms with van der Waals surface area (Å²) in [5.41, 5.74) is 0.0960. The molecule has 1 aliphatic heterocycles. The second-order valence-corrected chi connectivity index (χ2v) is 6.07. The van der Waals surface area contributed by atoms with Crippen LogP contribution in [-0.4, -0.2) is 53.1 Å². The number of fused-ring (bicyclic) bond motifs is 1. The van der Waals surface area contributed by atoms with Crippen molar-refractivity contribution < 1.29 is 14.2 Å². The minimum Gasteiger partial charge on any atom is -0.480 e. The van der Waals surface area contributed by atoms with E-state index < -0.39 is 5.82 Å². The lowest BCUT2D eigenvalue weighted by atomic mass is 10.0. The average molecular weight is 345 g/mol. The van der Waals surface area contributed by atoms with Crippen molar-refractivity contribution in [3.05, 3.63) is 11.0 Å². The Labute approximate surface area is 135 Å². The van der Waals surface area contributed by atoms with E-state index in [4.69, 9.17) is 21.4 Å². The van der Waals surface area contributed by atoms with E-state index in [1.807, 2.05) is 11.2 Å². The molecule has 0 amide bonds. The van der Waals surface area contributed by atoms with E-state index in [9.17, 15) is 4.39 Å². The number of pyridine rings is 1. The topological polar surface area (TPSA) is 71.4 Å². The van der Waals surface area contributed by atoms with Crippen LogP contribution in [0.4, 0.5) is 10.2 Å². The molecule has 0 unspecified atom stereocenters. The maximum atomic E-state index is 14.3. The largest absolute Gasteiger partial charge is 0.480 e. The molecule has 1 N–H and O–H groups in total. The van der Waals surface area contributed by atoms with Gasteiger partial charge in [-0.25, -0.2) is 14.4 Å². The van der Waals surface area contributed by atoms with Crippen LogP contribution in [0.15, 0.2) is 5.16 Å². The van der Waals surface area contributed by atoms with Gasteiger partial charge >= 0.3 is 0 Å². The number of hydrogen-bond donors (Lipinski definition) is 1. The number of hydrogen-bond acceptors (Lipinski definition) is 7. The Balaban J connectivity index is 2.23. The van der Waals surface area contributed by atoms with Gasteiger partial charge in [-0.1, -0.05) is 23.4 Å². The van der Waals surface area contributed by atoms with Crippen LogP contribution in [0.2, 0.25) is 5.15 Å². The van der Waals surface area contributed by atoms with Gasteiger partial charge in [-0.2, -0.15) is 4.98 Å². The highest BCUT2D eigenvalue weighted by molar-refractivity contribution is 7.98. The number of aliphatic hydroxyl groups excluding tert-OH is 1. The molecule has 0 aliphatic carbocycles. The van der Waals surface area contributed by atoms with Crippen molar-refractivity contribution in [2.45, 2.75) is 5.16 Å². The van der Waals surface area contributed by atoms with Crippen LogP contribution < -0.4 is 9.64 Å². The van der Waals surface area contributed by atoms with Gasteiger partial charge in [0, 0.05) is 25.6 Å². The molecule has 1 fully saturated rings. The summed E-state index contributed by atoms with van der Waals surface area (Å²) in [7, 11) is 1.44. The quantitative estimate of drug-likeness (QED) is 0.516. The molecule has 9 heteroatoms. The summed E-state index contributed by atoms with van der Waals surface area (Å²) in [5.74, 6) is 0.255. The van der Waals surface area contributed by atoms with Gasteiger partial charge in [0.2, 0.25) is 5.88 Å². The van der Waals surface area contributed by atoms with Crippen LogP contribution in [0.5, 0.6) is 5.88 Å². The molecular formula is C13H14ClFN4O2S. The molecule has 0 spiro atoms. The summed E-state index contributed by atoms with van der Waals surface area (Å²) < 4.78 is 19.6. The van der Waals surface area contributed by atoms with E-state index in [2.05, 4.69) is 15.0 Å². The number of rotatable bonds is 4. The molecule has 3 heterocycles. The molecule has 0 atom stereocenters. The van der Waals surface area contributed by atoms with E-state index in [0.29, 0.717) is 29.5 Å². The molecule has 118 valence electrons. The van der Waals surface area contributed by atoms with Gasteiger partial charge < -0.3 is 14.7 Å². The highest BCUT2D eigenvalue weighted by Crippen LogP contribution is 2.38. The van der Waals surface area contributed by atoms with Crippen LogP contribution >= 0.6 is 23.4 Å². The molecule has 0 saturated carbocycles. The van der Waals surface area contributed by atoms with E-state index in [1.54, 1.807) is 0 Å². The van der Waals surface area contributed by atoms with E-state index in [1.165, 1.54) is 18.9 Å². The fourth-order valence-electron chi connectivity index (χ4n) is 2.40. The number of nitrogens with zero attached hydrogens (tertiary/aromatic N) is 4. The third-order valence-electron chi connectivity index (χ3n) is 3.56. The number of anilines is 1. The first kappa shape index (κ1) is 15.5. The lowest BCUT2D eigenvalue weighted by Gasteiger charge is -2.39. The van der Waals surface area contributed by atoms with Crippen molar-refractivity contribution in [1.82, 2.24) is 15.0 Å². The van der Waals surface area contributed by atoms with Gasteiger partial charge in [-0.05, 0) is 6.26 Å². The zero-order chi connectivity index (χ0) is 15.9. The molecule has 0 bridgehead atoms. The van der Waals surface area contributed by atoms with E-state index in [0.717, 1.165) is 0 Å². The molecule has 6 nitrogen and oxygen atoms in total. The van der Waals surface area contributed by atoms with Gasteiger partial charge in [-0.15, -0.1) is 0 Å². The van der Waals surface area contributed by atoms with Crippen molar-refractivity contribution in [1.29, 1.82) is 0 Å². The smallest absolute Gasteiger partial charge is 0.228 e. The third-order valence-corrected chi connectivity index (χ3v) is 4.36. The lowest BCUT2D eigenvalue weighted by molar-refractivity contribution is 0.200. The van der Waals surface area contributed by atoms with Crippen molar-refractivity contribution in [3.8, 4) is 5.88 Å². The van der Waals surface area contributed by atoms with Crippen LogP contribution in [0.1, 0.15) is 0 Å². The van der Waals surface area contributed by atoms with Gasteiger partial charge in [0.05, 0.1) is 7.11 Å². The number of halogens is 2. The molecule has 2 aromatic heterocycles. The van der Waals surface area contributed by atoms with Crippen molar-refractivity contribution in [2.75, 3.05) is 38.0 Å². The summed E-state index contributed by atoms with van der Waals surface area (Å²) in [6.07, 6.45) is 1.81. The molecule has 0 radical (unpaired) electrons. The predicted molar refractivity (Wildman–Crippen MR) is 83.4 cm³/mol. The fourth-order valence-corrected chi connectivity index (χ4v) is 2.93. The molecule has 2 aromatic rings. The standard InChI is InChI=1S/C13H14ClFN4O2S/c1-21-12-7-9(8(15)10(14)17-12)16-13(22-2)18-11(7)19-3-6(4-19)5-20/h6,20H,3-5H2,1-2H3. The van der Waals surface area contributed by atoms with Crippen LogP contribution in [0, 0.1) is 11.7 Å². The second-order valence-electron chi connectivity index (χ2n) is 4.94. The maximum Gasteiger partial charge on any atom is 0.228 e. The minimum atomic E-state index is -0.685. The summed E-state index contributed by atoms with van der Waals surface area (Å²) in [6.45, 7) is 1.40. The normalized spacial score (nSPS) is 15.2. The number of aromatic nitrogens is 3. The number of thioether (sulfide) groups is 1. The minimum absolute atomic E-state index is 0.0960. The second kappa shape index (κ2) is 6.02. The van der Waals surface area contributed by atoms with Gasteiger partial charge in [0.25, 0.3) is 0 Å². The number of ether oxygens (including phenoxy) is 1. The summed E-state index contributed by atoms with van der Waals surface area (Å²) >= 11 is 7.13. The average Bonchev–Trinajstić information content (AvgIpc) is 2.49. The SMILES string of the molecule is COc1nc(Cl)c(F)c2nc(SC)nc(N3CC(CO)C3)c12. The Hall–Kier alpha value is -1.38. The van der Waals surface area contributed by atoms with Crippen LogP contribution in [0.3, 0.4) is 0 Å². The highest BCUT2D eigenvalue weighted by atomic mass is 35.5. The van der Waals surface area contributed by atoms with Crippen molar-refractivity contribution in [2.24, 2.45) is 5.92 Å². The van der Waals surface area contributed by atoms with E-state index in [-0.39, 0.29) is 29.1 Å². The van der Waals surface area contributed by atoms with Crippen molar-refractivity contribution in [3.63, 3.8) is 0 Å². The Bertz CT molecular complexity index is 727. The zero-order valence-corrected chi connectivity index (χ0v) is 13.6. The van der Waals surface area contributed by atoms with E-state index >= 15 is 0 Å². The zero-order valence-electron chi connectivity index (χ0n) is 12.0. The predicted octanol–water partition coefficient (Wildman–Crippen LogP) is 1.98. The molecule has 1 aliphatic rings. The first-order chi connectivity index (χ1) is 10.6. The molecule has 0 aromatic carbocycles. The monoisotopic (exact) mass is 344 g/mol. The van der Waals surface area contributed by atoms with Gasteiger partial charge in [-0.3, -0.25) is 0 Å². The third kappa shape index (κ3) is 2.45.